The molecule has 1 nitrogen and oxygen atoms in total. The van der Waals surface area contributed by atoms with E-state index in [1.165, 1.54) is 57.9 Å². The Kier molecular flexibility index (Phi) is 7.29. The fourth-order valence-electron chi connectivity index (χ4n) is 3.63. The lowest BCUT2D eigenvalue weighted by Gasteiger charge is -2.30. The van der Waals surface area contributed by atoms with E-state index in [1.807, 2.05) is 0 Å². The number of hydrogen-bond donors (Lipinski definition) is 1. The lowest BCUT2D eigenvalue weighted by atomic mass is 9.81. The Balaban J connectivity index is 1.69. The van der Waals surface area contributed by atoms with Gasteiger partial charge in [-0.15, -0.1) is 0 Å². The Morgan fingerprint density at radius 2 is 1.76 bits per heavy atom. The molecule has 1 aromatic rings. The number of rotatable bonds is 8. The van der Waals surface area contributed by atoms with E-state index in [9.17, 15) is 0 Å². The van der Waals surface area contributed by atoms with Crippen molar-refractivity contribution in [3.05, 3.63) is 35.9 Å². The molecule has 0 bridgehead atoms. The van der Waals surface area contributed by atoms with Crippen LogP contribution in [0.2, 0.25) is 0 Å². The largest absolute Gasteiger partial charge is 0.314 e. The highest BCUT2D eigenvalue weighted by atomic mass is 14.9. The molecule has 1 aromatic carbocycles. The van der Waals surface area contributed by atoms with Gasteiger partial charge < -0.3 is 5.32 Å². The topological polar surface area (TPSA) is 12.0 Å². The highest BCUT2D eigenvalue weighted by Gasteiger charge is 2.22. The molecule has 0 aliphatic heterocycles. The van der Waals surface area contributed by atoms with Gasteiger partial charge >= 0.3 is 0 Å². The van der Waals surface area contributed by atoms with Crippen LogP contribution in [0.3, 0.4) is 0 Å². The molecule has 118 valence electrons. The quantitative estimate of drug-likeness (QED) is 0.664. The molecule has 0 amide bonds. The fraction of sp³-hybridized carbons (Fsp3) is 0.700. The molecule has 1 unspecified atom stereocenters. The van der Waals surface area contributed by atoms with Crippen LogP contribution < -0.4 is 5.32 Å². The maximum absolute atomic E-state index is 3.85. The summed E-state index contributed by atoms with van der Waals surface area (Å²) in [5.41, 5.74) is 1.55. The average molecular weight is 287 g/mol. The lowest BCUT2D eigenvalue weighted by Crippen LogP contribution is -2.36. The van der Waals surface area contributed by atoms with Gasteiger partial charge in [-0.1, -0.05) is 63.4 Å². The van der Waals surface area contributed by atoms with Crippen LogP contribution >= 0.6 is 0 Å². The van der Waals surface area contributed by atoms with Crippen LogP contribution in [-0.2, 0) is 0 Å². The van der Waals surface area contributed by atoms with Crippen molar-refractivity contribution in [2.24, 2.45) is 5.92 Å². The van der Waals surface area contributed by atoms with Crippen LogP contribution in [0, 0.1) is 5.92 Å². The Morgan fingerprint density at radius 1 is 1.05 bits per heavy atom. The van der Waals surface area contributed by atoms with E-state index in [0.29, 0.717) is 0 Å². The maximum Gasteiger partial charge on any atom is 0.00676 e. The molecule has 1 atom stereocenters. The molecule has 1 aliphatic rings. The Hall–Kier alpha value is -0.820. The summed E-state index contributed by atoms with van der Waals surface area (Å²) in [5.74, 6) is 1.68. The van der Waals surface area contributed by atoms with Crippen molar-refractivity contribution < 1.29 is 0 Å². The van der Waals surface area contributed by atoms with Crippen LogP contribution in [0.4, 0.5) is 0 Å². The van der Waals surface area contributed by atoms with Crippen molar-refractivity contribution in [2.75, 3.05) is 6.54 Å². The van der Waals surface area contributed by atoms with Gasteiger partial charge in [-0.25, -0.2) is 0 Å². The first-order chi connectivity index (χ1) is 10.3. The summed E-state index contributed by atoms with van der Waals surface area (Å²) >= 11 is 0. The predicted octanol–water partition coefficient (Wildman–Crippen LogP) is 5.52. The van der Waals surface area contributed by atoms with Crippen LogP contribution in [0.25, 0.3) is 0 Å². The summed E-state index contributed by atoms with van der Waals surface area (Å²) in [6.45, 7) is 5.87. The molecule has 0 spiro atoms. The van der Waals surface area contributed by atoms with Crippen LogP contribution in [0.1, 0.15) is 76.7 Å². The summed E-state index contributed by atoms with van der Waals surface area (Å²) in [4.78, 5) is 0. The molecule has 1 heteroatoms. The fourth-order valence-corrected chi connectivity index (χ4v) is 3.63. The highest BCUT2D eigenvalue weighted by molar-refractivity contribution is 5.20. The first-order valence-corrected chi connectivity index (χ1v) is 9.11. The normalized spacial score (nSPS) is 23.9. The van der Waals surface area contributed by atoms with Crippen molar-refractivity contribution in [3.8, 4) is 0 Å². The molecule has 0 heterocycles. The summed E-state index contributed by atoms with van der Waals surface area (Å²) in [5, 5.41) is 3.85. The van der Waals surface area contributed by atoms with E-state index >= 15 is 0 Å². The van der Waals surface area contributed by atoms with Crippen molar-refractivity contribution >= 4 is 0 Å². The first kappa shape index (κ1) is 16.5. The molecule has 0 aromatic heterocycles. The van der Waals surface area contributed by atoms with Crippen molar-refractivity contribution in [2.45, 2.75) is 77.2 Å². The molecule has 0 radical (unpaired) electrons. The number of unbranched alkanes of at least 4 members (excludes halogenated alkanes) is 1. The van der Waals surface area contributed by atoms with Crippen molar-refractivity contribution in [1.82, 2.24) is 5.32 Å². The molecule has 21 heavy (non-hydrogen) atoms. The predicted molar refractivity (Wildman–Crippen MR) is 92.7 cm³/mol. The molecule has 2 rings (SSSR count). The first-order valence-electron chi connectivity index (χ1n) is 9.11. The summed E-state index contributed by atoms with van der Waals surface area (Å²) in [6, 6.07) is 11.9. The summed E-state index contributed by atoms with van der Waals surface area (Å²) < 4.78 is 0. The standard InChI is InChI=1S/C20H33N/c1-3-5-9-17(4-2)16-21-20-14-12-19(13-15-20)18-10-7-6-8-11-18/h6-8,10-11,17,19-21H,3-5,9,12-16H2,1-2H3. The van der Waals surface area contributed by atoms with E-state index in [4.69, 9.17) is 0 Å². The highest BCUT2D eigenvalue weighted by Crippen LogP contribution is 2.32. The Bertz CT molecular complexity index is 365. The monoisotopic (exact) mass is 287 g/mol. The molecule has 1 fully saturated rings. The van der Waals surface area contributed by atoms with Crippen LogP contribution in [0.5, 0.6) is 0 Å². The Morgan fingerprint density at radius 3 is 2.38 bits per heavy atom. The van der Waals surface area contributed by atoms with Gasteiger partial charge in [-0.05, 0) is 56.0 Å². The van der Waals surface area contributed by atoms with Gasteiger partial charge in [-0.3, -0.25) is 0 Å². The molecular weight excluding hydrogens is 254 g/mol. The third-order valence-corrected chi connectivity index (χ3v) is 5.24. The summed E-state index contributed by atoms with van der Waals surface area (Å²) in [7, 11) is 0. The van der Waals surface area contributed by atoms with Crippen molar-refractivity contribution in [3.63, 3.8) is 0 Å². The SMILES string of the molecule is CCCCC(CC)CNC1CCC(c2ccccc2)CC1. The molecule has 1 N–H and O–H groups in total. The van der Waals surface area contributed by atoms with Crippen molar-refractivity contribution in [1.29, 1.82) is 0 Å². The van der Waals surface area contributed by atoms with Gasteiger partial charge in [0.15, 0.2) is 0 Å². The van der Waals surface area contributed by atoms with Crippen LogP contribution in [0.15, 0.2) is 30.3 Å². The van der Waals surface area contributed by atoms with Gasteiger partial charge in [0.1, 0.15) is 0 Å². The second-order valence-electron chi connectivity index (χ2n) is 6.78. The second kappa shape index (κ2) is 9.25. The van der Waals surface area contributed by atoms with Gasteiger partial charge in [0.25, 0.3) is 0 Å². The molecule has 1 aliphatic carbocycles. The zero-order valence-electron chi connectivity index (χ0n) is 14.0. The molecular formula is C20H33N. The number of benzene rings is 1. The van der Waals surface area contributed by atoms with E-state index < -0.39 is 0 Å². The lowest BCUT2D eigenvalue weighted by molar-refractivity contribution is 0.313. The van der Waals surface area contributed by atoms with Gasteiger partial charge in [0.2, 0.25) is 0 Å². The Labute approximate surface area is 131 Å². The molecule has 0 saturated heterocycles. The van der Waals surface area contributed by atoms with E-state index in [2.05, 4.69) is 49.5 Å². The minimum atomic E-state index is 0.764. The minimum absolute atomic E-state index is 0.764. The van der Waals surface area contributed by atoms with E-state index in [-0.39, 0.29) is 0 Å². The average Bonchev–Trinajstić information content (AvgIpc) is 2.56. The third kappa shape index (κ3) is 5.47. The van der Waals surface area contributed by atoms with Gasteiger partial charge in [-0.2, -0.15) is 0 Å². The second-order valence-corrected chi connectivity index (χ2v) is 6.78. The summed E-state index contributed by atoms with van der Waals surface area (Å²) in [6.07, 6.45) is 10.9. The third-order valence-electron chi connectivity index (χ3n) is 5.24. The van der Waals surface area contributed by atoms with Gasteiger partial charge in [0.05, 0.1) is 0 Å². The molecule has 1 saturated carbocycles. The smallest absolute Gasteiger partial charge is 0.00676 e. The maximum atomic E-state index is 3.85. The van der Waals surface area contributed by atoms with Gasteiger partial charge in [0, 0.05) is 6.04 Å². The van der Waals surface area contributed by atoms with E-state index in [1.54, 1.807) is 5.56 Å². The zero-order valence-corrected chi connectivity index (χ0v) is 14.0. The number of nitrogens with one attached hydrogen (secondary N) is 1. The van der Waals surface area contributed by atoms with E-state index in [0.717, 1.165) is 17.9 Å². The van der Waals surface area contributed by atoms with Crippen LogP contribution in [-0.4, -0.2) is 12.6 Å². The zero-order chi connectivity index (χ0) is 14.9. The number of hydrogen-bond acceptors (Lipinski definition) is 1. The minimum Gasteiger partial charge on any atom is -0.314 e.